The molecular weight excluding hydrogens is 340 g/mol. The number of nitrogens with one attached hydrogen (secondary N) is 2. The number of rotatable bonds is 4. The summed E-state index contributed by atoms with van der Waals surface area (Å²) in [5, 5.41) is 8.57. The number of nitrogens with zero attached hydrogens (tertiary/aromatic N) is 4. The Balaban J connectivity index is 1.29. The highest BCUT2D eigenvalue weighted by molar-refractivity contribution is 5.94. The van der Waals surface area contributed by atoms with Crippen LogP contribution in [0.4, 0.5) is 5.95 Å². The molecule has 4 heterocycles. The summed E-state index contributed by atoms with van der Waals surface area (Å²) in [6.07, 6.45) is 10.4. The average Bonchev–Trinajstić information content (AvgIpc) is 3.34. The van der Waals surface area contributed by atoms with E-state index >= 15 is 0 Å². The zero-order valence-electron chi connectivity index (χ0n) is 17.7. The summed E-state index contributed by atoms with van der Waals surface area (Å²) >= 11 is 0. The topological polar surface area (TPSA) is 80.1 Å². The summed E-state index contributed by atoms with van der Waals surface area (Å²) in [7, 11) is -2.33. The SMILES string of the molecule is [2H]C([2H])([2H])O[C@H]1CC[C@@H](Nc2ncc3c(-c4ccn5nccc5c4)c[nH]c3n2)CC1. The second-order valence-corrected chi connectivity index (χ2v) is 7.01. The molecule has 7 nitrogen and oxygen atoms in total. The maximum absolute atomic E-state index is 7.24. The van der Waals surface area contributed by atoms with Crippen molar-refractivity contribution in [3.05, 3.63) is 43.0 Å². The third-order valence-corrected chi connectivity index (χ3v) is 5.32. The van der Waals surface area contributed by atoms with Crippen molar-refractivity contribution in [1.29, 1.82) is 0 Å². The van der Waals surface area contributed by atoms with Crippen LogP contribution in [0.2, 0.25) is 0 Å². The van der Waals surface area contributed by atoms with Crippen LogP contribution in [0.1, 0.15) is 29.8 Å². The maximum atomic E-state index is 7.24. The lowest BCUT2D eigenvalue weighted by molar-refractivity contribution is 0.0681. The summed E-state index contributed by atoms with van der Waals surface area (Å²) < 4.78 is 28.7. The summed E-state index contributed by atoms with van der Waals surface area (Å²) in [6.45, 7) is 0. The van der Waals surface area contributed by atoms with Gasteiger partial charge in [-0.15, -0.1) is 0 Å². The third kappa shape index (κ3) is 3.04. The van der Waals surface area contributed by atoms with Gasteiger partial charge in [0, 0.05) is 48.8 Å². The Labute approximate surface area is 161 Å². The number of ether oxygens (including phenoxy) is 1. The number of anilines is 1. The van der Waals surface area contributed by atoms with Gasteiger partial charge in [-0.25, -0.2) is 9.50 Å². The number of H-pyrrole nitrogens is 1. The molecule has 0 spiro atoms. The van der Waals surface area contributed by atoms with Crippen LogP contribution >= 0.6 is 0 Å². The largest absolute Gasteiger partial charge is 0.381 e. The first-order valence-corrected chi connectivity index (χ1v) is 9.17. The van der Waals surface area contributed by atoms with Crippen LogP contribution in [0, 0.1) is 0 Å². The number of hydrogen-bond acceptors (Lipinski definition) is 5. The van der Waals surface area contributed by atoms with Crippen LogP contribution < -0.4 is 5.32 Å². The molecule has 1 fully saturated rings. The first-order valence-electron chi connectivity index (χ1n) is 10.7. The molecule has 138 valence electrons. The van der Waals surface area contributed by atoms with Crippen molar-refractivity contribution in [2.75, 3.05) is 12.4 Å². The molecule has 0 amide bonds. The van der Waals surface area contributed by atoms with Crippen molar-refractivity contribution < 1.29 is 8.85 Å². The van der Waals surface area contributed by atoms with Crippen LogP contribution in [0.3, 0.4) is 0 Å². The molecule has 1 aliphatic rings. The molecule has 5 rings (SSSR count). The predicted octanol–water partition coefficient (Wildman–Crippen LogP) is 3.64. The van der Waals surface area contributed by atoms with E-state index in [4.69, 9.17) is 8.85 Å². The third-order valence-electron chi connectivity index (χ3n) is 5.32. The van der Waals surface area contributed by atoms with E-state index in [0.717, 1.165) is 40.5 Å². The summed E-state index contributed by atoms with van der Waals surface area (Å²) in [6, 6.07) is 6.28. The molecule has 1 saturated carbocycles. The van der Waals surface area contributed by atoms with Crippen molar-refractivity contribution >= 4 is 22.5 Å². The van der Waals surface area contributed by atoms with Gasteiger partial charge in [-0.3, -0.25) is 0 Å². The van der Waals surface area contributed by atoms with E-state index in [2.05, 4.69) is 31.4 Å². The van der Waals surface area contributed by atoms with E-state index in [0.29, 0.717) is 18.8 Å². The molecule has 0 radical (unpaired) electrons. The lowest BCUT2D eigenvalue weighted by Gasteiger charge is -2.28. The fourth-order valence-electron chi connectivity index (χ4n) is 3.81. The molecule has 0 bridgehead atoms. The zero-order chi connectivity index (χ0) is 20.7. The Kier molecular flexibility index (Phi) is 3.27. The molecule has 0 aromatic carbocycles. The van der Waals surface area contributed by atoms with Crippen molar-refractivity contribution in [1.82, 2.24) is 24.6 Å². The molecule has 2 N–H and O–H groups in total. The fraction of sp³-hybridized carbons (Fsp3) is 0.350. The predicted molar refractivity (Wildman–Crippen MR) is 105 cm³/mol. The van der Waals surface area contributed by atoms with Crippen molar-refractivity contribution in [2.45, 2.75) is 37.8 Å². The number of aromatic nitrogens is 5. The minimum atomic E-state index is -2.33. The van der Waals surface area contributed by atoms with E-state index in [9.17, 15) is 0 Å². The van der Waals surface area contributed by atoms with E-state index in [1.807, 2.05) is 35.2 Å². The van der Waals surface area contributed by atoms with Gasteiger partial charge in [0.2, 0.25) is 5.95 Å². The number of aromatic amines is 1. The van der Waals surface area contributed by atoms with Gasteiger partial charge in [-0.2, -0.15) is 10.1 Å². The molecule has 4 aromatic heterocycles. The maximum Gasteiger partial charge on any atom is 0.224 e. The Morgan fingerprint density at radius 1 is 1.30 bits per heavy atom. The second-order valence-electron chi connectivity index (χ2n) is 7.01. The number of fused-ring (bicyclic) bond motifs is 2. The highest BCUT2D eigenvalue weighted by Gasteiger charge is 2.21. The van der Waals surface area contributed by atoms with Crippen LogP contribution in [0.15, 0.2) is 43.0 Å². The molecular formula is C20H22N6O. The lowest BCUT2D eigenvalue weighted by atomic mass is 9.93. The highest BCUT2D eigenvalue weighted by atomic mass is 16.5. The van der Waals surface area contributed by atoms with Crippen molar-refractivity contribution in [2.24, 2.45) is 0 Å². The van der Waals surface area contributed by atoms with Gasteiger partial charge in [0.15, 0.2) is 0 Å². The first kappa shape index (κ1) is 13.3. The number of pyridine rings is 1. The van der Waals surface area contributed by atoms with Gasteiger partial charge in [-0.1, -0.05) is 0 Å². The van der Waals surface area contributed by atoms with Crippen LogP contribution in [0.5, 0.6) is 0 Å². The smallest absolute Gasteiger partial charge is 0.224 e. The van der Waals surface area contributed by atoms with E-state index in [-0.39, 0.29) is 12.1 Å². The van der Waals surface area contributed by atoms with Crippen LogP contribution in [-0.4, -0.2) is 43.7 Å². The fourth-order valence-corrected chi connectivity index (χ4v) is 3.81. The first-order chi connectivity index (χ1) is 14.4. The normalized spacial score (nSPS) is 22.4. The average molecular weight is 365 g/mol. The summed E-state index contributed by atoms with van der Waals surface area (Å²) in [5.41, 5.74) is 3.92. The van der Waals surface area contributed by atoms with Crippen molar-refractivity contribution in [3.8, 4) is 11.1 Å². The van der Waals surface area contributed by atoms with Crippen LogP contribution in [-0.2, 0) is 4.74 Å². The zero-order valence-corrected chi connectivity index (χ0v) is 14.7. The van der Waals surface area contributed by atoms with Crippen LogP contribution in [0.25, 0.3) is 27.7 Å². The summed E-state index contributed by atoms with van der Waals surface area (Å²) in [4.78, 5) is 12.4. The molecule has 0 aliphatic heterocycles. The number of methoxy groups -OCH3 is 1. The van der Waals surface area contributed by atoms with E-state index in [1.54, 1.807) is 6.20 Å². The minimum Gasteiger partial charge on any atom is -0.381 e. The van der Waals surface area contributed by atoms with Gasteiger partial charge >= 0.3 is 0 Å². The molecule has 4 aromatic rings. The Morgan fingerprint density at radius 2 is 2.22 bits per heavy atom. The van der Waals surface area contributed by atoms with Crippen molar-refractivity contribution in [3.63, 3.8) is 0 Å². The van der Waals surface area contributed by atoms with E-state index in [1.165, 1.54) is 0 Å². The minimum absolute atomic E-state index is 0.206. The molecule has 0 saturated heterocycles. The Morgan fingerprint density at radius 3 is 3.11 bits per heavy atom. The lowest BCUT2D eigenvalue weighted by Crippen LogP contribution is -2.29. The highest BCUT2D eigenvalue weighted by Crippen LogP contribution is 2.29. The van der Waals surface area contributed by atoms with Gasteiger partial charge < -0.3 is 15.0 Å². The molecule has 27 heavy (non-hydrogen) atoms. The second kappa shape index (κ2) is 6.66. The van der Waals surface area contributed by atoms with E-state index < -0.39 is 7.04 Å². The van der Waals surface area contributed by atoms with Gasteiger partial charge in [0.1, 0.15) is 5.65 Å². The molecule has 0 atom stereocenters. The standard InChI is InChI=1S/C20H22N6O/c1-27-16-4-2-14(3-5-16)24-20-22-12-18-17(11-21-19(18)25-20)13-7-9-26-15(10-13)6-8-23-26/h6-12,14,16H,2-5H2,1H3,(H2,21,22,24,25)/t14-,16+/i1D3. The van der Waals surface area contributed by atoms with Gasteiger partial charge in [0.25, 0.3) is 0 Å². The van der Waals surface area contributed by atoms with Gasteiger partial charge in [0.05, 0.1) is 15.7 Å². The molecule has 1 aliphatic carbocycles. The summed E-state index contributed by atoms with van der Waals surface area (Å²) in [5.74, 6) is 0.572. The Bertz CT molecular complexity index is 1180. The number of hydrogen-bond donors (Lipinski definition) is 2. The Hall–Kier alpha value is -2.93. The quantitative estimate of drug-likeness (QED) is 0.577. The molecule has 7 heteroatoms. The van der Waals surface area contributed by atoms with Gasteiger partial charge in [-0.05, 0) is 49.4 Å². The monoisotopic (exact) mass is 365 g/mol. The molecule has 0 unspecified atom stereocenters.